The molecule has 116 valence electrons. The minimum atomic E-state index is -3.41. The van der Waals surface area contributed by atoms with Crippen molar-refractivity contribution in [2.75, 3.05) is 24.2 Å². The number of aromatic hydroxyl groups is 1. The van der Waals surface area contributed by atoms with E-state index in [9.17, 15) is 13.5 Å². The molecule has 1 N–H and O–H groups in total. The second-order valence-corrected chi connectivity index (χ2v) is 7.67. The van der Waals surface area contributed by atoms with E-state index in [1.165, 1.54) is 5.69 Å². The normalized spacial score (nSPS) is 15.2. The zero-order valence-corrected chi connectivity index (χ0v) is 13.3. The predicted octanol–water partition coefficient (Wildman–Crippen LogP) is 2.40. The first-order chi connectivity index (χ1) is 10.4. The molecule has 1 aliphatic heterocycles. The van der Waals surface area contributed by atoms with Gasteiger partial charge in [-0.1, -0.05) is 18.2 Å². The molecule has 0 unspecified atom stereocenters. The summed E-state index contributed by atoms with van der Waals surface area (Å²) in [4.78, 5) is 2.32. The van der Waals surface area contributed by atoms with Crippen molar-refractivity contribution in [1.29, 1.82) is 0 Å². The van der Waals surface area contributed by atoms with Crippen LogP contribution in [0.4, 0.5) is 5.69 Å². The van der Waals surface area contributed by atoms with Gasteiger partial charge in [0.15, 0.2) is 9.84 Å². The fourth-order valence-corrected chi connectivity index (χ4v) is 3.73. The maximum Gasteiger partial charge on any atom is 0.179 e. The molecule has 5 heteroatoms. The molecular formula is C17H19NO3S. The number of phenols is 1. The van der Waals surface area contributed by atoms with Crippen LogP contribution in [0.15, 0.2) is 47.4 Å². The number of fused-ring (bicyclic) bond motifs is 1. The van der Waals surface area contributed by atoms with Crippen molar-refractivity contribution in [3.05, 3.63) is 53.6 Å². The van der Waals surface area contributed by atoms with Gasteiger partial charge in [-0.3, -0.25) is 0 Å². The Morgan fingerprint density at radius 2 is 1.59 bits per heavy atom. The van der Waals surface area contributed by atoms with Gasteiger partial charge in [-0.05, 0) is 48.2 Å². The number of rotatable bonds is 2. The van der Waals surface area contributed by atoms with E-state index in [-0.39, 0.29) is 10.6 Å². The SMILES string of the molecule is CS(=O)(=O)c1cc2c(cc1O)CCN(c1ccccc1)CC2. The van der Waals surface area contributed by atoms with Crippen LogP contribution in [-0.4, -0.2) is 32.9 Å². The predicted molar refractivity (Wildman–Crippen MR) is 87.3 cm³/mol. The Morgan fingerprint density at radius 1 is 1.00 bits per heavy atom. The molecule has 4 nitrogen and oxygen atoms in total. The van der Waals surface area contributed by atoms with Gasteiger partial charge in [0, 0.05) is 25.0 Å². The summed E-state index contributed by atoms with van der Waals surface area (Å²) in [5.74, 6) is -0.144. The Labute approximate surface area is 130 Å². The lowest BCUT2D eigenvalue weighted by Crippen LogP contribution is -2.25. The fourth-order valence-electron chi connectivity index (χ4n) is 2.94. The van der Waals surface area contributed by atoms with Crippen LogP contribution >= 0.6 is 0 Å². The number of benzene rings is 2. The van der Waals surface area contributed by atoms with Crippen LogP contribution in [0.25, 0.3) is 0 Å². The van der Waals surface area contributed by atoms with E-state index in [2.05, 4.69) is 17.0 Å². The van der Waals surface area contributed by atoms with Crippen LogP contribution in [-0.2, 0) is 22.7 Å². The summed E-state index contributed by atoms with van der Waals surface area (Å²) in [6, 6.07) is 13.4. The Morgan fingerprint density at radius 3 is 2.18 bits per heavy atom. The molecule has 0 bridgehead atoms. The molecule has 1 heterocycles. The largest absolute Gasteiger partial charge is 0.507 e. The van der Waals surface area contributed by atoms with E-state index >= 15 is 0 Å². The summed E-state index contributed by atoms with van der Waals surface area (Å²) in [6.07, 6.45) is 2.69. The molecule has 0 atom stereocenters. The maximum absolute atomic E-state index is 11.7. The van der Waals surface area contributed by atoms with Gasteiger partial charge in [0.25, 0.3) is 0 Å². The molecule has 0 saturated carbocycles. The second kappa shape index (κ2) is 5.65. The smallest absolute Gasteiger partial charge is 0.179 e. The molecule has 3 rings (SSSR count). The molecule has 0 amide bonds. The van der Waals surface area contributed by atoms with Gasteiger partial charge in [0.2, 0.25) is 0 Å². The van der Waals surface area contributed by atoms with E-state index < -0.39 is 9.84 Å². The number of hydrogen-bond acceptors (Lipinski definition) is 4. The topological polar surface area (TPSA) is 57.6 Å². The highest BCUT2D eigenvalue weighted by Gasteiger charge is 2.20. The number of phenolic OH excluding ortho intramolecular Hbond substituents is 1. The number of hydrogen-bond donors (Lipinski definition) is 1. The highest BCUT2D eigenvalue weighted by atomic mass is 32.2. The Balaban J connectivity index is 1.92. The third-order valence-corrected chi connectivity index (χ3v) is 5.23. The molecule has 1 aliphatic rings. The van der Waals surface area contributed by atoms with Crippen molar-refractivity contribution in [1.82, 2.24) is 0 Å². The van der Waals surface area contributed by atoms with Crippen LogP contribution in [0.3, 0.4) is 0 Å². The highest BCUT2D eigenvalue weighted by molar-refractivity contribution is 7.90. The van der Waals surface area contributed by atoms with Crippen LogP contribution in [0.5, 0.6) is 5.75 Å². The Kier molecular flexibility index (Phi) is 3.83. The van der Waals surface area contributed by atoms with Crippen LogP contribution < -0.4 is 4.90 Å². The number of nitrogens with zero attached hydrogens (tertiary/aromatic N) is 1. The summed E-state index contributed by atoms with van der Waals surface area (Å²) in [5, 5.41) is 9.98. The number of sulfone groups is 1. The average Bonchev–Trinajstić information content (AvgIpc) is 2.68. The summed E-state index contributed by atoms with van der Waals surface area (Å²) in [5.41, 5.74) is 3.21. The van der Waals surface area contributed by atoms with E-state index in [1.807, 2.05) is 18.2 Å². The van der Waals surface area contributed by atoms with E-state index in [4.69, 9.17) is 0 Å². The summed E-state index contributed by atoms with van der Waals surface area (Å²) < 4.78 is 23.5. The third kappa shape index (κ3) is 2.95. The van der Waals surface area contributed by atoms with Gasteiger partial charge < -0.3 is 10.0 Å². The molecule has 0 aromatic heterocycles. The average molecular weight is 317 g/mol. The molecule has 0 radical (unpaired) electrons. The zero-order valence-electron chi connectivity index (χ0n) is 12.5. The molecule has 0 aliphatic carbocycles. The van der Waals surface area contributed by atoms with E-state index in [0.717, 1.165) is 43.3 Å². The minimum Gasteiger partial charge on any atom is -0.507 e. The van der Waals surface area contributed by atoms with Crippen molar-refractivity contribution in [3.8, 4) is 5.75 Å². The maximum atomic E-state index is 11.7. The number of anilines is 1. The van der Waals surface area contributed by atoms with Crippen molar-refractivity contribution in [2.24, 2.45) is 0 Å². The first kappa shape index (κ1) is 14.9. The fraction of sp³-hybridized carbons (Fsp3) is 0.294. The van der Waals surface area contributed by atoms with Gasteiger partial charge in [0.05, 0.1) is 0 Å². The molecule has 22 heavy (non-hydrogen) atoms. The second-order valence-electron chi connectivity index (χ2n) is 5.68. The Bertz CT molecular complexity index is 785. The minimum absolute atomic E-state index is 0.0272. The lowest BCUT2D eigenvalue weighted by atomic mass is 10.0. The van der Waals surface area contributed by atoms with Crippen LogP contribution in [0.1, 0.15) is 11.1 Å². The number of para-hydroxylation sites is 1. The monoisotopic (exact) mass is 317 g/mol. The molecule has 2 aromatic carbocycles. The van der Waals surface area contributed by atoms with Crippen molar-refractivity contribution in [2.45, 2.75) is 17.7 Å². The van der Waals surface area contributed by atoms with Crippen molar-refractivity contribution >= 4 is 15.5 Å². The Hall–Kier alpha value is -2.01. The molecule has 2 aromatic rings. The van der Waals surface area contributed by atoms with Gasteiger partial charge in [0.1, 0.15) is 10.6 Å². The van der Waals surface area contributed by atoms with Crippen molar-refractivity contribution < 1.29 is 13.5 Å². The van der Waals surface area contributed by atoms with Crippen molar-refractivity contribution in [3.63, 3.8) is 0 Å². The van der Waals surface area contributed by atoms with Gasteiger partial charge >= 0.3 is 0 Å². The van der Waals surface area contributed by atoms with Crippen LogP contribution in [0, 0.1) is 0 Å². The quantitative estimate of drug-likeness (QED) is 0.924. The van der Waals surface area contributed by atoms with Gasteiger partial charge in [-0.15, -0.1) is 0 Å². The van der Waals surface area contributed by atoms with Crippen LogP contribution in [0.2, 0.25) is 0 Å². The van der Waals surface area contributed by atoms with E-state index in [1.54, 1.807) is 12.1 Å². The van der Waals surface area contributed by atoms with E-state index in [0.29, 0.717) is 0 Å². The summed E-state index contributed by atoms with van der Waals surface area (Å²) >= 11 is 0. The lowest BCUT2D eigenvalue weighted by molar-refractivity contribution is 0.458. The molecular weight excluding hydrogens is 298 g/mol. The molecule has 0 spiro atoms. The first-order valence-electron chi connectivity index (χ1n) is 7.30. The standard InChI is InChI=1S/C17H19NO3S/c1-22(20,21)17-12-14-8-10-18(15-5-3-2-4-6-15)9-7-13(14)11-16(17)19/h2-6,11-12,19H,7-10H2,1H3. The lowest BCUT2D eigenvalue weighted by Gasteiger charge is -2.22. The first-order valence-corrected chi connectivity index (χ1v) is 9.19. The third-order valence-electron chi connectivity index (χ3n) is 4.10. The summed E-state index contributed by atoms with van der Waals surface area (Å²) in [6.45, 7) is 1.69. The van der Waals surface area contributed by atoms with Gasteiger partial charge in [-0.2, -0.15) is 0 Å². The summed E-state index contributed by atoms with van der Waals surface area (Å²) in [7, 11) is -3.41. The molecule has 0 saturated heterocycles. The zero-order chi connectivity index (χ0) is 15.7. The molecule has 0 fully saturated rings. The highest BCUT2D eigenvalue weighted by Crippen LogP contribution is 2.29. The van der Waals surface area contributed by atoms with Gasteiger partial charge in [-0.25, -0.2) is 8.42 Å².